The summed E-state index contributed by atoms with van der Waals surface area (Å²) in [6.45, 7) is 0. The van der Waals surface area contributed by atoms with E-state index >= 15 is 0 Å². The van der Waals surface area contributed by atoms with Crippen molar-refractivity contribution in [3.05, 3.63) is 74.2 Å². The lowest BCUT2D eigenvalue weighted by Crippen LogP contribution is -2.31. The second kappa shape index (κ2) is 8.82. The third kappa shape index (κ3) is 4.09. The highest BCUT2D eigenvalue weighted by Crippen LogP contribution is 2.42. The molecule has 1 heterocycles. The van der Waals surface area contributed by atoms with E-state index in [9.17, 15) is 14.9 Å². The van der Waals surface area contributed by atoms with E-state index in [1.54, 1.807) is 30.3 Å². The summed E-state index contributed by atoms with van der Waals surface area (Å²) < 4.78 is 0.862. The maximum absolute atomic E-state index is 13.2. The Bertz CT molecular complexity index is 1000. The highest BCUT2D eigenvalue weighted by Gasteiger charge is 2.40. The molecule has 2 aromatic rings. The fraction of sp³-hybridized carbons (Fsp3) is 0.150. The molecule has 142 valence electrons. The average Bonchev–Trinajstić information content (AvgIpc) is 3.01. The third-order valence-electron chi connectivity index (χ3n) is 4.18. The largest absolute Gasteiger partial charge is 0.354 e. The van der Waals surface area contributed by atoms with Crippen molar-refractivity contribution in [2.45, 2.75) is 11.7 Å². The second-order valence-corrected chi connectivity index (χ2v) is 8.44. The van der Waals surface area contributed by atoms with Crippen LogP contribution >= 0.6 is 39.3 Å². The van der Waals surface area contributed by atoms with Gasteiger partial charge in [-0.2, -0.15) is 5.26 Å². The minimum absolute atomic E-state index is 0.0922. The molecule has 0 aromatic heterocycles. The maximum atomic E-state index is 13.2. The van der Waals surface area contributed by atoms with Crippen LogP contribution in [0, 0.1) is 11.3 Å². The van der Waals surface area contributed by atoms with Crippen LogP contribution in [0.15, 0.2) is 63.6 Å². The van der Waals surface area contributed by atoms with Crippen molar-refractivity contribution in [2.24, 2.45) is 0 Å². The molecule has 1 atom stereocenters. The predicted molar refractivity (Wildman–Crippen MR) is 115 cm³/mol. The number of rotatable bonds is 4. The average molecular weight is 477 g/mol. The first-order valence-corrected chi connectivity index (χ1v) is 10.4. The summed E-state index contributed by atoms with van der Waals surface area (Å²) in [4.78, 5) is 26.9. The molecule has 1 N–H and O–H groups in total. The lowest BCUT2D eigenvalue weighted by Gasteiger charge is -2.18. The van der Waals surface area contributed by atoms with Gasteiger partial charge >= 0.3 is 0 Å². The molecule has 0 bridgehead atoms. The van der Waals surface area contributed by atoms with Crippen molar-refractivity contribution in [3.8, 4) is 6.07 Å². The Morgan fingerprint density at radius 3 is 2.57 bits per heavy atom. The Hall–Kier alpha value is -2.27. The summed E-state index contributed by atoms with van der Waals surface area (Å²) in [6, 6.07) is 16.4. The molecule has 1 saturated heterocycles. The van der Waals surface area contributed by atoms with Gasteiger partial charge in [-0.15, -0.1) is 0 Å². The zero-order valence-corrected chi connectivity index (χ0v) is 17.9. The van der Waals surface area contributed by atoms with Gasteiger partial charge in [-0.05, 0) is 42.3 Å². The lowest BCUT2D eigenvalue weighted by molar-refractivity contribution is -0.117. The van der Waals surface area contributed by atoms with Crippen LogP contribution in [0.2, 0.25) is 5.02 Å². The molecule has 1 aliphatic heterocycles. The smallest absolute Gasteiger partial charge is 0.264 e. The molecule has 0 spiro atoms. The monoisotopic (exact) mass is 475 g/mol. The minimum atomic E-state index is -0.529. The van der Waals surface area contributed by atoms with Gasteiger partial charge in [0, 0.05) is 22.2 Å². The van der Waals surface area contributed by atoms with E-state index in [1.165, 1.54) is 23.7 Å². The van der Waals surface area contributed by atoms with Crippen molar-refractivity contribution in [1.82, 2.24) is 5.32 Å². The maximum Gasteiger partial charge on any atom is 0.264 e. The van der Waals surface area contributed by atoms with Crippen molar-refractivity contribution in [3.63, 3.8) is 0 Å². The number of nitriles is 1. The molecule has 8 heteroatoms. The molecule has 0 radical (unpaired) electrons. The summed E-state index contributed by atoms with van der Waals surface area (Å²) in [7, 11) is 1.45. The van der Waals surface area contributed by atoms with E-state index in [0.717, 1.165) is 10.0 Å². The lowest BCUT2D eigenvalue weighted by atomic mass is 10.1. The van der Waals surface area contributed by atoms with Crippen LogP contribution in [0.3, 0.4) is 0 Å². The summed E-state index contributed by atoms with van der Waals surface area (Å²) in [5.41, 5.74) is 1.34. The molecule has 28 heavy (non-hydrogen) atoms. The first-order chi connectivity index (χ1) is 13.5. The van der Waals surface area contributed by atoms with E-state index in [4.69, 9.17) is 11.6 Å². The fourth-order valence-electron chi connectivity index (χ4n) is 2.80. The molecule has 2 aromatic carbocycles. The van der Waals surface area contributed by atoms with Gasteiger partial charge in [-0.1, -0.05) is 57.5 Å². The molecule has 3 rings (SSSR count). The number of likely N-dealkylation sites (N-methyl/N-ethyl adjacent to an activating group) is 1. The number of anilines is 1. The SMILES string of the molecule is CNC(=O)C(C#N)=C1SC(Cc2ccccc2Cl)C(=O)N1c1ccc(Br)cc1. The van der Waals surface area contributed by atoms with Crippen LogP contribution in [-0.2, 0) is 16.0 Å². The summed E-state index contributed by atoms with van der Waals surface area (Å²) in [6.07, 6.45) is 0.395. The Morgan fingerprint density at radius 1 is 1.29 bits per heavy atom. The van der Waals surface area contributed by atoms with Crippen LogP contribution in [-0.4, -0.2) is 24.1 Å². The molecular formula is C20H15BrClN3O2S. The van der Waals surface area contributed by atoms with Crippen LogP contribution in [0.1, 0.15) is 5.56 Å². The van der Waals surface area contributed by atoms with Gasteiger partial charge in [-0.3, -0.25) is 14.5 Å². The molecule has 0 saturated carbocycles. The van der Waals surface area contributed by atoms with E-state index in [-0.39, 0.29) is 11.5 Å². The number of nitrogens with one attached hydrogen (secondary N) is 1. The number of carbonyl (C=O) groups is 2. The number of nitrogens with zero attached hydrogens (tertiary/aromatic N) is 2. The molecule has 1 fully saturated rings. The van der Waals surface area contributed by atoms with Gasteiger partial charge in [0.25, 0.3) is 5.91 Å². The number of halogens is 2. The molecule has 1 unspecified atom stereocenters. The highest BCUT2D eigenvalue weighted by atomic mass is 79.9. The number of amides is 2. The second-order valence-electron chi connectivity index (χ2n) is 5.92. The fourth-order valence-corrected chi connectivity index (χ4v) is 4.57. The highest BCUT2D eigenvalue weighted by molar-refractivity contribution is 9.10. The van der Waals surface area contributed by atoms with Crippen LogP contribution in [0.4, 0.5) is 5.69 Å². The molecule has 5 nitrogen and oxygen atoms in total. The molecule has 2 amide bonds. The first-order valence-electron chi connectivity index (χ1n) is 8.32. The number of carbonyl (C=O) groups excluding carboxylic acids is 2. The van der Waals surface area contributed by atoms with Gasteiger partial charge in [0.2, 0.25) is 5.91 Å². The predicted octanol–water partition coefficient (Wildman–Crippen LogP) is 4.27. The van der Waals surface area contributed by atoms with Gasteiger partial charge in [0.1, 0.15) is 16.7 Å². The van der Waals surface area contributed by atoms with E-state index < -0.39 is 11.2 Å². The Morgan fingerprint density at radius 2 is 1.96 bits per heavy atom. The first kappa shape index (κ1) is 20.5. The van der Waals surface area contributed by atoms with E-state index in [2.05, 4.69) is 21.2 Å². The number of thioether (sulfide) groups is 1. The zero-order valence-electron chi connectivity index (χ0n) is 14.8. The van der Waals surface area contributed by atoms with Gasteiger partial charge < -0.3 is 5.32 Å². The van der Waals surface area contributed by atoms with Crippen molar-refractivity contribution >= 4 is 56.8 Å². The van der Waals surface area contributed by atoms with Crippen molar-refractivity contribution < 1.29 is 9.59 Å². The summed E-state index contributed by atoms with van der Waals surface area (Å²) in [5.74, 6) is -0.725. The normalized spacial score (nSPS) is 18.0. The summed E-state index contributed by atoms with van der Waals surface area (Å²) >= 11 is 10.8. The standard InChI is InChI=1S/C20H15BrClN3O2S/c1-24-18(26)15(11-23)20-25(14-8-6-13(21)7-9-14)19(27)17(28-20)10-12-4-2-3-5-16(12)22/h2-9,17H,10H2,1H3,(H,24,26). The van der Waals surface area contributed by atoms with Crippen LogP contribution in [0.25, 0.3) is 0 Å². The number of hydrogen-bond acceptors (Lipinski definition) is 4. The zero-order chi connectivity index (χ0) is 20.3. The number of hydrogen-bond donors (Lipinski definition) is 1. The van der Waals surface area contributed by atoms with Crippen molar-refractivity contribution in [2.75, 3.05) is 11.9 Å². The van der Waals surface area contributed by atoms with E-state index in [0.29, 0.717) is 22.2 Å². The molecule has 1 aliphatic rings. The molecular weight excluding hydrogens is 462 g/mol. The quantitative estimate of drug-likeness (QED) is 0.528. The van der Waals surface area contributed by atoms with Gasteiger partial charge in [0.05, 0.1) is 5.25 Å². The van der Waals surface area contributed by atoms with E-state index in [1.807, 2.05) is 24.3 Å². The third-order valence-corrected chi connectivity index (χ3v) is 6.34. The minimum Gasteiger partial charge on any atom is -0.354 e. The number of benzene rings is 2. The Kier molecular flexibility index (Phi) is 6.45. The van der Waals surface area contributed by atoms with Crippen LogP contribution < -0.4 is 10.2 Å². The van der Waals surface area contributed by atoms with Gasteiger partial charge in [-0.25, -0.2) is 0 Å². The Labute approximate surface area is 180 Å². The van der Waals surface area contributed by atoms with Crippen LogP contribution in [0.5, 0.6) is 0 Å². The van der Waals surface area contributed by atoms with Crippen molar-refractivity contribution in [1.29, 1.82) is 5.26 Å². The topological polar surface area (TPSA) is 73.2 Å². The van der Waals surface area contributed by atoms with Gasteiger partial charge in [0.15, 0.2) is 0 Å². The molecule has 0 aliphatic carbocycles. The summed E-state index contributed by atoms with van der Waals surface area (Å²) in [5, 5.41) is 12.4. The Balaban J connectivity index is 2.06.